The lowest BCUT2D eigenvalue weighted by Gasteiger charge is -2.36. The van der Waals surface area contributed by atoms with Gasteiger partial charge in [-0.05, 0) is 75.2 Å². The largest absolute Gasteiger partial charge is 0.387 e. The second kappa shape index (κ2) is 7.62. The topological polar surface area (TPSA) is 23.5 Å². The molecular weight excluding hydrogens is 282 g/mol. The Labute approximate surface area is 135 Å². The number of piperidine rings is 1. The molecule has 0 spiro atoms. The minimum Gasteiger partial charge on any atom is -0.387 e. The quantitative estimate of drug-likeness (QED) is 0.915. The van der Waals surface area contributed by atoms with Crippen LogP contribution in [0.3, 0.4) is 0 Å². The zero-order valence-corrected chi connectivity index (χ0v) is 13.9. The maximum Gasteiger partial charge on any atom is 0.0945 e. The molecule has 1 heterocycles. The van der Waals surface area contributed by atoms with Gasteiger partial charge in [-0.15, -0.1) is 12.4 Å². The average Bonchev–Trinajstić information content (AvgIpc) is 2.54. The number of benzene rings is 1. The highest BCUT2D eigenvalue weighted by Gasteiger charge is 2.27. The molecule has 0 amide bonds. The predicted octanol–water partition coefficient (Wildman–Crippen LogP) is 3.90. The first-order valence-electron chi connectivity index (χ1n) is 8.30. The van der Waals surface area contributed by atoms with Crippen LogP contribution in [0.25, 0.3) is 0 Å². The average molecular weight is 310 g/mol. The summed E-state index contributed by atoms with van der Waals surface area (Å²) in [5.74, 6) is 0. The fraction of sp³-hybridized carbons (Fsp3) is 0.667. The van der Waals surface area contributed by atoms with Crippen molar-refractivity contribution in [1.29, 1.82) is 0 Å². The molecule has 1 saturated heterocycles. The van der Waals surface area contributed by atoms with Gasteiger partial charge in [0.15, 0.2) is 0 Å². The van der Waals surface area contributed by atoms with Crippen molar-refractivity contribution in [2.24, 2.45) is 0 Å². The molecule has 0 bridgehead atoms. The number of aliphatic hydroxyl groups is 1. The first-order chi connectivity index (χ1) is 9.77. The molecule has 1 N–H and O–H groups in total. The Morgan fingerprint density at radius 3 is 2.48 bits per heavy atom. The maximum absolute atomic E-state index is 10.9. The summed E-state index contributed by atoms with van der Waals surface area (Å²) < 4.78 is 0. The molecule has 118 valence electrons. The lowest BCUT2D eigenvalue weighted by Crippen LogP contribution is -2.41. The summed E-state index contributed by atoms with van der Waals surface area (Å²) in [6.45, 7) is 4.48. The fourth-order valence-corrected chi connectivity index (χ4v) is 3.87. The molecular formula is C18H28ClNO. The molecule has 1 aliphatic heterocycles. The van der Waals surface area contributed by atoms with Gasteiger partial charge in [0.2, 0.25) is 0 Å². The summed E-state index contributed by atoms with van der Waals surface area (Å²) in [5, 5.41) is 10.9. The SMILES string of the molecule is C[C@H]([C@H](O)c1cccc2c1CCCC2)N1CCCCC1.Cl. The zero-order chi connectivity index (χ0) is 13.9. The van der Waals surface area contributed by atoms with Gasteiger partial charge in [0.25, 0.3) is 0 Å². The van der Waals surface area contributed by atoms with Gasteiger partial charge in [0, 0.05) is 6.04 Å². The summed E-state index contributed by atoms with van der Waals surface area (Å²) in [6, 6.07) is 6.76. The Balaban J connectivity index is 0.00000161. The maximum atomic E-state index is 10.9. The molecule has 0 radical (unpaired) electrons. The van der Waals surface area contributed by atoms with Gasteiger partial charge in [0.1, 0.15) is 0 Å². The Bertz CT molecular complexity index is 457. The van der Waals surface area contributed by atoms with Crippen molar-refractivity contribution in [3.8, 4) is 0 Å². The van der Waals surface area contributed by atoms with Crippen LogP contribution in [0, 0.1) is 0 Å². The van der Waals surface area contributed by atoms with Crippen molar-refractivity contribution in [1.82, 2.24) is 4.90 Å². The van der Waals surface area contributed by atoms with Gasteiger partial charge in [0.05, 0.1) is 6.10 Å². The molecule has 2 atom stereocenters. The van der Waals surface area contributed by atoms with E-state index in [9.17, 15) is 5.11 Å². The van der Waals surface area contributed by atoms with E-state index in [1.807, 2.05) is 0 Å². The van der Waals surface area contributed by atoms with E-state index in [1.165, 1.54) is 55.2 Å². The number of hydrogen-bond acceptors (Lipinski definition) is 2. The van der Waals surface area contributed by atoms with E-state index in [2.05, 4.69) is 30.0 Å². The molecule has 1 aliphatic carbocycles. The number of likely N-dealkylation sites (tertiary alicyclic amines) is 1. The van der Waals surface area contributed by atoms with Crippen molar-refractivity contribution in [3.63, 3.8) is 0 Å². The van der Waals surface area contributed by atoms with E-state index < -0.39 is 0 Å². The number of rotatable bonds is 3. The lowest BCUT2D eigenvalue weighted by molar-refractivity contribution is 0.0464. The number of hydrogen-bond donors (Lipinski definition) is 1. The van der Waals surface area contributed by atoms with Gasteiger partial charge < -0.3 is 5.11 Å². The molecule has 0 aromatic heterocycles. The Hall–Kier alpha value is -0.570. The number of aryl methyl sites for hydroxylation is 1. The number of aliphatic hydroxyl groups excluding tert-OH is 1. The second-order valence-electron chi connectivity index (χ2n) is 6.47. The van der Waals surface area contributed by atoms with Crippen LogP contribution < -0.4 is 0 Å². The summed E-state index contributed by atoms with van der Waals surface area (Å²) in [4.78, 5) is 2.47. The van der Waals surface area contributed by atoms with Crippen LogP contribution in [-0.4, -0.2) is 29.1 Å². The number of halogens is 1. The van der Waals surface area contributed by atoms with Gasteiger partial charge in [-0.2, -0.15) is 0 Å². The van der Waals surface area contributed by atoms with Crippen molar-refractivity contribution < 1.29 is 5.11 Å². The minimum atomic E-state index is -0.332. The van der Waals surface area contributed by atoms with Crippen molar-refractivity contribution in [2.75, 3.05) is 13.1 Å². The number of nitrogens with zero attached hydrogens (tertiary/aromatic N) is 1. The molecule has 1 aromatic rings. The Kier molecular flexibility index (Phi) is 6.09. The van der Waals surface area contributed by atoms with Crippen LogP contribution in [0.2, 0.25) is 0 Å². The second-order valence-corrected chi connectivity index (χ2v) is 6.47. The molecule has 2 aliphatic rings. The Morgan fingerprint density at radius 2 is 1.71 bits per heavy atom. The third kappa shape index (κ3) is 3.61. The summed E-state index contributed by atoms with van der Waals surface area (Å²) in [5.41, 5.74) is 4.11. The van der Waals surface area contributed by atoms with Crippen LogP contribution in [0.4, 0.5) is 0 Å². The van der Waals surface area contributed by atoms with Gasteiger partial charge in [-0.3, -0.25) is 4.90 Å². The summed E-state index contributed by atoms with van der Waals surface area (Å²) in [7, 11) is 0. The van der Waals surface area contributed by atoms with Crippen molar-refractivity contribution in [2.45, 2.75) is 64.0 Å². The highest BCUT2D eigenvalue weighted by molar-refractivity contribution is 5.85. The monoisotopic (exact) mass is 309 g/mol. The van der Waals surface area contributed by atoms with E-state index >= 15 is 0 Å². The molecule has 1 aromatic carbocycles. The first-order valence-corrected chi connectivity index (χ1v) is 8.30. The lowest BCUT2D eigenvalue weighted by atomic mass is 9.85. The van der Waals surface area contributed by atoms with E-state index in [-0.39, 0.29) is 24.6 Å². The molecule has 3 heteroatoms. The first kappa shape index (κ1) is 16.8. The predicted molar refractivity (Wildman–Crippen MR) is 90.2 cm³/mol. The molecule has 0 unspecified atom stereocenters. The highest BCUT2D eigenvalue weighted by Crippen LogP contribution is 2.31. The standard InChI is InChI=1S/C18H27NO.ClH/c1-14(19-12-5-2-6-13-19)18(20)17-11-7-9-15-8-3-4-10-16(15)17;/h7,9,11,14,18,20H,2-6,8,10,12-13H2,1H3;1H/t14-,18+;/m1./s1. The minimum absolute atomic E-state index is 0. The van der Waals surface area contributed by atoms with Crippen LogP contribution in [-0.2, 0) is 12.8 Å². The van der Waals surface area contributed by atoms with Gasteiger partial charge in [-0.1, -0.05) is 24.6 Å². The van der Waals surface area contributed by atoms with E-state index in [4.69, 9.17) is 0 Å². The van der Waals surface area contributed by atoms with Crippen LogP contribution >= 0.6 is 12.4 Å². The summed E-state index contributed by atoms with van der Waals surface area (Å²) in [6.07, 6.45) is 8.49. The van der Waals surface area contributed by atoms with E-state index in [1.54, 1.807) is 0 Å². The molecule has 1 fully saturated rings. The third-order valence-corrected chi connectivity index (χ3v) is 5.17. The Morgan fingerprint density at radius 1 is 1.00 bits per heavy atom. The van der Waals surface area contributed by atoms with Gasteiger partial charge in [-0.25, -0.2) is 0 Å². The van der Waals surface area contributed by atoms with Crippen LogP contribution in [0.15, 0.2) is 18.2 Å². The van der Waals surface area contributed by atoms with Crippen molar-refractivity contribution >= 4 is 12.4 Å². The zero-order valence-electron chi connectivity index (χ0n) is 13.1. The van der Waals surface area contributed by atoms with Crippen molar-refractivity contribution in [3.05, 3.63) is 34.9 Å². The normalized spacial score (nSPS) is 22.0. The van der Waals surface area contributed by atoms with Crippen LogP contribution in [0.1, 0.15) is 61.8 Å². The van der Waals surface area contributed by atoms with E-state index in [0.717, 1.165) is 19.5 Å². The van der Waals surface area contributed by atoms with E-state index in [0.29, 0.717) is 0 Å². The van der Waals surface area contributed by atoms with Crippen LogP contribution in [0.5, 0.6) is 0 Å². The van der Waals surface area contributed by atoms with Gasteiger partial charge >= 0.3 is 0 Å². The summed E-state index contributed by atoms with van der Waals surface area (Å²) >= 11 is 0. The number of fused-ring (bicyclic) bond motifs is 1. The molecule has 0 saturated carbocycles. The fourth-order valence-electron chi connectivity index (χ4n) is 3.87. The molecule has 21 heavy (non-hydrogen) atoms. The molecule has 3 rings (SSSR count). The third-order valence-electron chi connectivity index (χ3n) is 5.17. The highest BCUT2D eigenvalue weighted by atomic mass is 35.5. The molecule has 2 nitrogen and oxygen atoms in total. The smallest absolute Gasteiger partial charge is 0.0945 e.